The van der Waals surface area contributed by atoms with Crippen LogP contribution >= 0.6 is 11.8 Å². The van der Waals surface area contributed by atoms with E-state index in [-0.39, 0.29) is 16.6 Å². The molecule has 1 fully saturated rings. The first-order valence-corrected chi connectivity index (χ1v) is 10.6. The molecule has 0 saturated heterocycles. The smallest absolute Gasteiger partial charge is 0.251 e. The molecule has 3 rings (SSSR count). The number of hydrogen-bond donors (Lipinski definition) is 1. The SMILES string of the molecule is CC(C)(C)SCC(=O)N(Cc1ccc(C(=O)NC2CC2)cc1)Cc1ccco1. The van der Waals surface area contributed by atoms with Crippen molar-refractivity contribution in [2.75, 3.05) is 5.75 Å². The van der Waals surface area contributed by atoms with Gasteiger partial charge >= 0.3 is 0 Å². The van der Waals surface area contributed by atoms with Gasteiger partial charge in [-0.05, 0) is 42.7 Å². The molecule has 0 bridgehead atoms. The van der Waals surface area contributed by atoms with Crippen LogP contribution in [-0.4, -0.2) is 33.3 Å². The van der Waals surface area contributed by atoms with Gasteiger partial charge in [-0.2, -0.15) is 0 Å². The lowest BCUT2D eigenvalue weighted by Gasteiger charge is -2.24. The molecule has 28 heavy (non-hydrogen) atoms. The van der Waals surface area contributed by atoms with E-state index in [9.17, 15) is 9.59 Å². The van der Waals surface area contributed by atoms with Gasteiger partial charge in [-0.3, -0.25) is 9.59 Å². The molecule has 0 unspecified atom stereocenters. The topological polar surface area (TPSA) is 62.6 Å². The highest BCUT2D eigenvalue weighted by Crippen LogP contribution is 2.24. The third-order valence-electron chi connectivity index (χ3n) is 4.41. The van der Waals surface area contributed by atoms with Crippen LogP contribution < -0.4 is 5.32 Å². The van der Waals surface area contributed by atoms with E-state index in [0.717, 1.165) is 24.2 Å². The third-order valence-corrected chi connectivity index (χ3v) is 5.67. The van der Waals surface area contributed by atoms with Gasteiger partial charge in [0.2, 0.25) is 5.91 Å². The number of carbonyl (C=O) groups excluding carboxylic acids is 2. The number of carbonyl (C=O) groups is 2. The average Bonchev–Trinajstić information content (AvgIpc) is 3.31. The first-order valence-electron chi connectivity index (χ1n) is 9.64. The Morgan fingerprint density at radius 1 is 1.14 bits per heavy atom. The number of benzene rings is 1. The summed E-state index contributed by atoms with van der Waals surface area (Å²) in [6.07, 6.45) is 3.76. The highest BCUT2D eigenvalue weighted by Gasteiger charge is 2.24. The second kappa shape index (κ2) is 8.86. The lowest BCUT2D eigenvalue weighted by molar-refractivity contribution is -0.129. The van der Waals surface area contributed by atoms with Gasteiger partial charge < -0.3 is 14.6 Å². The fourth-order valence-electron chi connectivity index (χ4n) is 2.67. The van der Waals surface area contributed by atoms with Crippen molar-refractivity contribution in [3.05, 3.63) is 59.5 Å². The summed E-state index contributed by atoms with van der Waals surface area (Å²) >= 11 is 1.64. The molecule has 1 aromatic heterocycles. The van der Waals surface area contributed by atoms with Crippen LogP contribution in [0.15, 0.2) is 47.1 Å². The van der Waals surface area contributed by atoms with E-state index in [1.807, 2.05) is 36.4 Å². The van der Waals surface area contributed by atoms with Crippen molar-refractivity contribution in [3.8, 4) is 0 Å². The molecule has 1 aliphatic rings. The molecule has 6 heteroatoms. The number of rotatable bonds is 8. The number of hydrogen-bond acceptors (Lipinski definition) is 4. The summed E-state index contributed by atoms with van der Waals surface area (Å²) in [6, 6.07) is 11.5. The minimum absolute atomic E-state index is 0.0286. The van der Waals surface area contributed by atoms with Crippen LogP contribution in [0.2, 0.25) is 0 Å². The Balaban J connectivity index is 1.65. The highest BCUT2D eigenvalue weighted by molar-refractivity contribution is 8.01. The van der Waals surface area contributed by atoms with Gasteiger partial charge in [0.05, 0.1) is 18.6 Å². The van der Waals surface area contributed by atoms with Gasteiger partial charge in [-0.1, -0.05) is 32.9 Å². The van der Waals surface area contributed by atoms with Crippen LogP contribution in [0.1, 0.15) is 55.3 Å². The van der Waals surface area contributed by atoms with Crippen molar-refractivity contribution in [3.63, 3.8) is 0 Å². The van der Waals surface area contributed by atoms with E-state index in [4.69, 9.17) is 4.42 Å². The number of amides is 2. The second-order valence-corrected chi connectivity index (χ2v) is 9.98. The lowest BCUT2D eigenvalue weighted by atomic mass is 10.1. The number of thioether (sulfide) groups is 1. The molecule has 1 heterocycles. The Hall–Kier alpha value is -2.21. The maximum absolute atomic E-state index is 12.8. The monoisotopic (exact) mass is 400 g/mol. The fourth-order valence-corrected chi connectivity index (χ4v) is 3.41. The molecular weight excluding hydrogens is 372 g/mol. The fraction of sp³-hybridized carbons (Fsp3) is 0.455. The molecule has 0 atom stereocenters. The molecule has 2 aromatic rings. The van der Waals surface area contributed by atoms with Crippen molar-refractivity contribution in [2.45, 2.75) is 57.5 Å². The molecule has 0 aliphatic heterocycles. The summed E-state index contributed by atoms with van der Waals surface area (Å²) in [5.74, 6) is 1.23. The zero-order valence-corrected chi connectivity index (χ0v) is 17.6. The van der Waals surface area contributed by atoms with Gasteiger partial charge in [0.15, 0.2) is 0 Å². The molecule has 5 nitrogen and oxygen atoms in total. The van der Waals surface area contributed by atoms with E-state index in [1.165, 1.54) is 0 Å². The molecule has 0 radical (unpaired) electrons. The molecule has 1 aromatic carbocycles. The Kier molecular flexibility index (Phi) is 6.50. The van der Waals surface area contributed by atoms with E-state index < -0.39 is 0 Å². The third kappa shape index (κ3) is 6.44. The van der Waals surface area contributed by atoms with Crippen LogP contribution in [0.3, 0.4) is 0 Å². The van der Waals surface area contributed by atoms with Crippen molar-refractivity contribution in [1.29, 1.82) is 0 Å². The van der Waals surface area contributed by atoms with E-state index in [0.29, 0.717) is 30.4 Å². The van der Waals surface area contributed by atoms with Crippen LogP contribution in [0.5, 0.6) is 0 Å². The summed E-state index contributed by atoms with van der Waals surface area (Å²) in [5, 5.41) is 2.99. The second-order valence-electron chi connectivity index (χ2n) is 8.17. The molecule has 2 amide bonds. The van der Waals surface area contributed by atoms with Gasteiger partial charge in [-0.15, -0.1) is 11.8 Å². The van der Waals surface area contributed by atoms with Gasteiger partial charge in [0, 0.05) is 22.9 Å². The minimum atomic E-state index is -0.0286. The van der Waals surface area contributed by atoms with Crippen molar-refractivity contribution < 1.29 is 14.0 Å². The average molecular weight is 401 g/mol. The minimum Gasteiger partial charge on any atom is -0.467 e. The number of nitrogens with zero attached hydrogens (tertiary/aromatic N) is 1. The lowest BCUT2D eigenvalue weighted by Crippen LogP contribution is -2.32. The summed E-state index contributed by atoms with van der Waals surface area (Å²) in [5.41, 5.74) is 1.64. The molecule has 0 spiro atoms. The van der Waals surface area contributed by atoms with Gasteiger partial charge in [-0.25, -0.2) is 0 Å². The van der Waals surface area contributed by atoms with Crippen molar-refractivity contribution >= 4 is 23.6 Å². The molecule has 150 valence electrons. The molecule has 1 N–H and O–H groups in total. The van der Waals surface area contributed by atoms with Gasteiger partial charge in [0.1, 0.15) is 5.76 Å². The maximum atomic E-state index is 12.8. The molecule has 1 aliphatic carbocycles. The van der Waals surface area contributed by atoms with Crippen molar-refractivity contribution in [1.82, 2.24) is 10.2 Å². The van der Waals surface area contributed by atoms with Crippen LogP contribution in [0.4, 0.5) is 0 Å². The number of nitrogens with one attached hydrogen (secondary N) is 1. The summed E-state index contributed by atoms with van der Waals surface area (Å²) in [4.78, 5) is 26.8. The maximum Gasteiger partial charge on any atom is 0.251 e. The Morgan fingerprint density at radius 2 is 1.86 bits per heavy atom. The largest absolute Gasteiger partial charge is 0.467 e. The van der Waals surface area contributed by atoms with E-state index in [2.05, 4.69) is 26.1 Å². The predicted molar refractivity (Wildman–Crippen MR) is 112 cm³/mol. The first kappa shape index (κ1) is 20.5. The summed E-state index contributed by atoms with van der Waals surface area (Å²) in [6.45, 7) is 7.23. The van der Waals surface area contributed by atoms with E-state index >= 15 is 0 Å². The van der Waals surface area contributed by atoms with Crippen molar-refractivity contribution in [2.24, 2.45) is 0 Å². The normalized spacial score (nSPS) is 14.0. The standard InChI is InChI=1S/C22H28N2O3S/c1-22(2,3)28-15-20(25)24(14-19-5-4-12-27-19)13-16-6-8-17(9-7-16)21(26)23-18-10-11-18/h4-9,12,18H,10-11,13-15H2,1-3H3,(H,23,26). The Labute approximate surface area is 170 Å². The van der Waals surface area contributed by atoms with Gasteiger partial charge in [0.25, 0.3) is 5.91 Å². The Bertz CT molecular complexity index is 790. The number of furan rings is 1. The molecule has 1 saturated carbocycles. The van der Waals surface area contributed by atoms with Crippen LogP contribution in [-0.2, 0) is 17.9 Å². The predicted octanol–water partition coefficient (Wildman–Crippen LogP) is 4.23. The summed E-state index contributed by atoms with van der Waals surface area (Å²) in [7, 11) is 0. The van der Waals surface area contributed by atoms with Crippen LogP contribution in [0.25, 0.3) is 0 Å². The van der Waals surface area contributed by atoms with Crippen LogP contribution in [0, 0.1) is 0 Å². The van der Waals surface area contributed by atoms with E-state index in [1.54, 1.807) is 22.9 Å². The molecular formula is C22H28N2O3S. The quantitative estimate of drug-likeness (QED) is 0.720. The Morgan fingerprint density at radius 3 is 2.43 bits per heavy atom. The first-order chi connectivity index (χ1) is 13.3. The highest BCUT2D eigenvalue weighted by atomic mass is 32.2. The zero-order chi connectivity index (χ0) is 20.1. The summed E-state index contributed by atoms with van der Waals surface area (Å²) < 4.78 is 5.47. The zero-order valence-electron chi connectivity index (χ0n) is 16.7.